The Morgan fingerprint density at radius 1 is 0.302 bits per heavy atom. The second-order valence-corrected chi connectivity index (χ2v) is 43.9. The minimum Gasteiger partial charge on any atom is -0.334 e. The predicted molar refractivity (Wildman–Crippen MR) is 458 cm³/mol. The first kappa shape index (κ1) is 71.9. The van der Waals surface area contributed by atoms with Gasteiger partial charge < -0.3 is 19.6 Å². The number of hydrogen-bond acceptors (Lipinski definition) is 4. The van der Waals surface area contributed by atoms with Crippen molar-refractivity contribution in [3.63, 3.8) is 0 Å². The van der Waals surface area contributed by atoms with Gasteiger partial charge in [-0.1, -0.05) is 228 Å². The third kappa shape index (κ3) is 10.4. The van der Waals surface area contributed by atoms with Crippen molar-refractivity contribution in [3.05, 3.63) is 200 Å². The smallest absolute Gasteiger partial charge is 0.252 e. The maximum Gasteiger partial charge on any atom is 0.252 e. The number of aryl methyl sites for hydroxylation is 1. The van der Waals surface area contributed by atoms with Gasteiger partial charge in [-0.25, -0.2) is 0 Å². The number of fused-ring (bicyclic) bond motifs is 12. The van der Waals surface area contributed by atoms with E-state index in [1.165, 1.54) is 190 Å². The standard InChI is InChI=1S/C101H127BN4/c1-62-51-72-77(98(21,22)49-47-93(72,11)12)60-83(62)105-84-56-67(103(64-30-34-69-73(53-64)94(13,14)44-41-90(69,5)6)65-31-35-70-74(54-65)95(15,16)45-42-91(70,7)8)33-37-80(84)102-81-59-76-78(99(23,24)50-48-97(76,19)20)61-85(81)104(66-32-36-71-75(55-66)96(17,18)46-43-92(71,9)10)86-57-68(58-87(105)88(86)102)106-82-38-29-63(89(2,3)4)52-79(82)100(25)39-27-28-40-101(100,106)26/h29-38,51-61H,27-28,39-50H2,1-26H3. The Morgan fingerprint density at radius 2 is 0.698 bits per heavy atom. The molecule has 0 amide bonds. The summed E-state index contributed by atoms with van der Waals surface area (Å²) in [6.07, 6.45) is 16.3. The van der Waals surface area contributed by atoms with E-state index in [2.05, 4.69) is 327 Å². The van der Waals surface area contributed by atoms with Crippen LogP contribution in [0, 0.1) is 6.92 Å². The van der Waals surface area contributed by atoms with Gasteiger partial charge in [-0.2, -0.15) is 0 Å². The lowest BCUT2D eigenvalue weighted by molar-refractivity contribution is 0.195. The van der Waals surface area contributed by atoms with Crippen LogP contribution in [0.3, 0.4) is 0 Å². The Morgan fingerprint density at radius 3 is 1.20 bits per heavy atom. The summed E-state index contributed by atoms with van der Waals surface area (Å²) in [6.45, 7) is 65.2. The molecule has 2 atom stereocenters. The van der Waals surface area contributed by atoms with E-state index in [4.69, 9.17) is 0 Å². The van der Waals surface area contributed by atoms with Crippen LogP contribution >= 0.6 is 0 Å². The third-order valence-corrected chi connectivity index (χ3v) is 31.2. The molecule has 8 aromatic carbocycles. The van der Waals surface area contributed by atoms with Crippen LogP contribution in [0.1, 0.15) is 335 Å². The number of benzene rings is 8. The predicted octanol–water partition coefficient (Wildman–Crippen LogP) is 26.3. The lowest BCUT2D eigenvalue weighted by Gasteiger charge is -2.51. The minimum absolute atomic E-state index is 0.00178. The van der Waals surface area contributed by atoms with E-state index in [9.17, 15) is 0 Å². The SMILES string of the molecule is Cc1cc2c(cc1N1c3cc(N(c4ccc5c(c4)C(C)(C)CCC5(C)C)c4ccc5c(c4)C(C)(C)CCC5(C)C)ccc3B3c4cc5c(cc4N(c4ccc6c(c4)C(C)(C)CCC6(C)C)c4cc(N6c7ccc(C(C)(C)C)cc7C7(C)CCCCC67C)cc1c43)C(C)(C)CCC5(C)C)C(C)(C)CCC2(C)C. The summed E-state index contributed by atoms with van der Waals surface area (Å²) in [7, 11) is 0. The van der Waals surface area contributed by atoms with Crippen molar-refractivity contribution in [1.82, 2.24) is 0 Å². The van der Waals surface area contributed by atoms with Crippen molar-refractivity contribution in [2.75, 3.05) is 19.6 Å². The molecule has 0 bridgehead atoms. The highest BCUT2D eigenvalue weighted by Gasteiger charge is 2.59. The molecule has 0 spiro atoms. The van der Waals surface area contributed by atoms with Crippen molar-refractivity contribution in [2.24, 2.45) is 0 Å². The highest BCUT2D eigenvalue weighted by molar-refractivity contribution is 7.00. The van der Waals surface area contributed by atoms with Crippen LogP contribution < -0.4 is 36.0 Å². The Hall–Kier alpha value is -6.98. The third-order valence-electron chi connectivity index (χ3n) is 31.2. The molecule has 0 saturated heterocycles. The van der Waals surface area contributed by atoms with Crippen LogP contribution in [0.4, 0.5) is 62.6 Å². The van der Waals surface area contributed by atoms with Gasteiger partial charge in [0.15, 0.2) is 0 Å². The molecule has 9 aliphatic rings. The number of rotatable bonds is 6. The lowest BCUT2D eigenvalue weighted by Crippen LogP contribution is -2.62. The zero-order chi connectivity index (χ0) is 75.7. The van der Waals surface area contributed by atoms with Gasteiger partial charge in [-0.3, -0.25) is 0 Å². The van der Waals surface area contributed by atoms with Crippen molar-refractivity contribution in [1.29, 1.82) is 0 Å². The quantitative estimate of drug-likeness (QED) is 0.154. The molecular weight excluding hydrogens is 1280 g/mol. The van der Waals surface area contributed by atoms with Gasteiger partial charge in [-0.05, 0) is 318 Å². The first-order valence-corrected chi connectivity index (χ1v) is 41.7. The summed E-state index contributed by atoms with van der Waals surface area (Å²) >= 11 is 0. The maximum absolute atomic E-state index is 2.93. The van der Waals surface area contributed by atoms with Crippen molar-refractivity contribution >= 4 is 85.7 Å². The molecule has 3 aliphatic heterocycles. The number of anilines is 11. The Bertz CT molecular complexity index is 4960. The summed E-state index contributed by atoms with van der Waals surface area (Å²) in [5.74, 6) is 0. The van der Waals surface area contributed by atoms with Crippen LogP contribution in [0.5, 0.6) is 0 Å². The minimum atomic E-state index is -0.211. The molecular formula is C101H127BN4. The summed E-state index contributed by atoms with van der Waals surface area (Å²) < 4.78 is 0. The lowest BCUT2D eigenvalue weighted by atomic mass is 9.33. The first-order valence-electron chi connectivity index (χ1n) is 41.7. The fraction of sp³-hybridized carbons (Fsp3) is 0.525. The molecule has 17 rings (SSSR count). The van der Waals surface area contributed by atoms with Gasteiger partial charge in [0, 0.05) is 68.0 Å². The highest BCUT2D eigenvalue weighted by atomic mass is 15.3. The normalized spacial score (nSPS) is 24.7. The number of hydrogen-bond donors (Lipinski definition) is 0. The molecule has 2 unspecified atom stereocenters. The zero-order valence-electron chi connectivity index (χ0n) is 70.4. The molecule has 0 N–H and O–H groups in total. The summed E-state index contributed by atoms with van der Waals surface area (Å²) in [6, 6.07) is 55.2. The van der Waals surface area contributed by atoms with Gasteiger partial charge >= 0.3 is 0 Å². The van der Waals surface area contributed by atoms with Crippen molar-refractivity contribution in [2.45, 2.75) is 340 Å². The molecule has 0 aromatic heterocycles. The van der Waals surface area contributed by atoms with Crippen molar-refractivity contribution in [3.8, 4) is 0 Å². The fourth-order valence-corrected chi connectivity index (χ4v) is 23.0. The van der Waals surface area contributed by atoms with Crippen molar-refractivity contribution < 1.29 is 0 Å². The van der Waals surface area contributed by atoms with Gasteiger partial charge in [0.1, 0.15) is 0 Å². The molecule has 8 aromatic rings. The monoisotopic (exact) mass is 1410 g/mol. The molecule has 4 nitrogen and oxygen atoms in total. The second kappa shape index (κ2) is 22.6. The van der Waals surface area contributed by atoms with Gasteiger partial charge in [-0.15, -0.1) is 0 Å². The van der Waals surface area contributed by atoms with Gasteiger partial charge in [0.2, 0.25) is 0 Å². The van der Waals surface area contributed by atoms with E-state index >= 15 is 0 Å². The zero-order valence-corrected chi connectivity index (χ0v) is 70.4. The summed E-state index contributed by atoms with van der Waals surface area (Å²) in [5.41, 5.74) is 37.5. The topological polar surface area (TPSA) is 13.0 Å². The Labute approximate surface area is 641 Å². The van der Waals surface area contributed by atoms with Gasteiger partial charge in [0.05, 0.1) is 5.54 Å². The van der Waals surface area contributed by atoms with Crippen LogP contribution in [0.2, 0.25) is 0 Å². The van der Waals surface area contributed by atoms with E-state index in [-0.39, 0.29) is 77.2 Å². The average molecular weight is 1410 g/mol. The first-order chi connectivity index (χ1) is 49.2. The molecule has 6 aliphatic carbocycles. The molecule has 5 heteroatoms. The number of nitrogens with zero attached hydrogens (tertiary/aromatic N) is 4. The molecule has 0 radical (unpaired) electrons. The van der Waals surface area contributed by atoms with Crippen LogP contribution in [-0.4, -0.2) is 12.3 Å². The molecule has 1 fully saturated rings. The second-order valence-electron chi connectivity index (χ2n) is 43.9. The largest absolute Gasteiger partial charge is 0.334 e. The maximum atomic E-state index is 2.93. The van der Waals surface area contributed by atoms with Crippen LogP contribution in [0.15, 0.2) is 127 Å². The Balaban J connectivity index is 1.03. The summed E-state index contributed by atoms with van der Waals surface area (Å²) in [4.78, 5) is 11.3. The van der Waals surface area contributed by atoms with E-state index in [0.717, 1.165) is 51.4 Å². The Kier molecular flexibility index (Phi) is 15.3. The van der Waals surface area contributed by atoms with E-state index in [1.54, 1.807) is 0 Å². The van der Waals surface area contributed by atoms with Crippen LogP contribution in [0.25, 0.3) is 0 Å². The molecule has 3 heterocycles. The van der Waals surface area contributed by atoms with E-state index in [0.29, 0.717) is 0 Å². The molecule has 554 valence electrons. The highest BCUT2D eigenvalue weighted by Crippen LogP contribution is 2.64. The molecule has 1 saturated carbocycles. The van der Waals surface area contributed by atoms with Gasteiger partial charge in [0.25, 0.3) is 6.71 Å². The van der Waals surface area contributed by atoms with Crippen LogP contribution in [-0.2, 0) is 65.0 Å². The average Bonchev–Trinajstić information content (AvgIpc) is 1.06. The molecule has 106 heavy (non-hydrogen) atoms. The van der Waals surface area contributed by atoms with E-state index < -0.39 is 0 Å². The van der Waals surface area contributed by atoms with E-state index in [1.807, 2.05) is 0 Å². The summed E-state index contributed by atoms with van der Waals surface area (Å²) in [5, 5.41) is 0. The fourth-order valence-electron chi connectivity index (χ4n) is 23.0.